The van der Waals surface area contributed by atoms with Gasteiger partial charge in [-0.25, -0.2) is 13.1 Å². The Morgan fingerprint density at radius 2 is 2.29 bits per heavy atom. The topological polar surface area (TPSA) is 64.4 Å². The summed E-state index contributed by atoms with van der Waals surface area (Å²) in [5.74, 6) is 0.578. The monoisotopic (exact) mass is 323 g/mol. The van der Waals surface area contributed by atoms with Gasteiger partial charge in [-0.1, -0.05) is 0 Å². The first-order valence-corrected chi connectivity index (χ1v) is 7.60. The number of ether oxygens (including phenoxy) is 1. The SMILES string of the molecule is COC(C)CS(=O)(=O)N1CCn2ncc(Br)c21. The van der Waals surface area contributed by atoms with Crippen LogP contribution in [0.25, 0.3) is 0 Å². The van der Waals surface area contributed by atoms with Crippen LogP contribution >= 0.6 is 15.9 Å². The van der Waals surface area contributed by atoms with E-state index in [0.29, 0.717) is 23.4 Å². The van der Waals surface area contributed by atoms with Crippen LogP contribution in [0.2, 0.25) is 0 Å². The van der Waals surface area contributed by atoms with Gasteiger partial charge in [0, 0.05) is 7.11 Å². The van der Waals surface area contributed by atoms with E-state index in [1.807, 2.05) is 0 Å². The second-order valence-corrected chi connectivity index (χ2v) is 6.73. The summed E-state index contributed by atoms with van der Waals surface area (Å²) < 4.78 is 33.2. The highest BCUT2D eigenvalue weighted by Crippen LogP contribution is 2.32. The number of nitrogens with zero attached hydrogens (tertiary/aromatic N) is 3. The summed E-state index contributed by atoms with van der Waals surface area (Å²) in [7, 11) is -1.86. The number of aromatic nitrogens is 2. The van der Waals surface area contributed by atoms with Gasteiger partial charge in [0.05, 0.1) is 35.6 Å². The van der Waals surface area contributed by atoms with Gasteiger partial charge in [0.25, 0.3) is 0 Å². The third-order valence-electron chi connectivity index (χ3n) is 2.70. The number of hydrogen-bond donors (Lipinski definition) is 0. The van der Waals surface area contributed by atoms with E-state index < -0.39 is 10.0 Å². The largest absolute Gasteiger partial charge is 0.381 e. The van der Waals surface area contributed by atoms with Crippen LogP contribution in [0.1, 0.15) is 6.92 Å². The van der Waals surface area contributed by atoms with Gasteiger partial charge in [0.2, 0.25) is 10.0 Å². The normalized spacial score (nSPS) is 17.2. The molecule has 96 valence electrons. The van der Waals surface area contributed by atoms with Gasteiger partial charge < -0.3 is 4.74 Å². The molecule has 0 radical (unpaired) electrons. The van der Waals surface area contributed by atoms with Crippen molar-refractivity contribution in [3.8, 4) is 0 Å². The summed E-state index contributed by atoms with van der Waals surface area (Å²) in [6, 6.07) is 0. The van der Waals surface area contributed by atoms with Crippen molar-refractivity contribution in [3.63, 3.8) is 0 Å². The average molecular weight is 324 g/mol. The minimum absolute atomic E-state index is 0.0267. The molecule has 0 spiro atoms. The van der Waals surface area contributed by atoms with E-state index in [4.69, 9.17) is 4.74 Å². The second-order valence-electron chi connectivity index (χ2n) is 3.94. The zero-order valence-corrected chi connectivity index (χ0v) is 12.0. The highest BCUT2D eigenvalue weighted by atomic mass is 79.9. The smallest absolute Gasteiger partial charge is 0.238 e. The number of halogens is 1. The molecule has 1 aromatic heterocycles. The molecule has 17 heavy (non-hydrogen) atoms. The lowest BCUT2D eigenvalue weighted by Crippen LogP contribution is -2.35. The van der Waals surface area contributed by atoms with Crippen LogP contribution in [0.4, 0.5) is 5.82 Å². The van der Waals surface area contributed by atoms with E-state index in [0.717, 1.165) is 0 Å². The van der Waals surface area contributed by atoms with Gasteiger partial charge in [-0.2, -0.15) is 5.10 Å². The Labute approximate surface area is 109 Å². The molecular formula is C9H14BrN3O3S. The summed E-state index contributed by atoms with van der Waals surface area (Å²) in [5, 5.41) is 4.09. The quantitative estimate of drug-likeness (QED) is 0.823. The predicted octanol–water partition coefficient (Wildman–Crippen LogP) is 0.830. The molecule has 0 bridgehead atoms. The standard InChI is InChI=1S/C9H14BrN3O3S/c1-7(16-2)6-17(14,15)13-4-3-12-9(13)8(10)5-11-12/h5,7H,3-4,6H2,1-2H3. The first kappa shape index (κ1) is 12.8. The lowest BCUT2D eigenvalue weighted by molar-refractivity contribution is 0.136. The molecule has 0 fully saturated rings. The minimum atomic E-state index is -3.36. The highest BCUT2D eigenvalue weighted by Gasteiger charge is 2.33. The van der Waals surface area contributed by atoms with Crippen LogP contribution < -0.4 is 4.31 Å². The van der Waals surface area contributed by atoms with Gasteiger partial charge in [-0.3, -0.25) is 4.31 Å². The van der Waals surface area contributed by atoms with Gasteiger partial charge in [0.15, 0.2) is 5.82 Å². The second kappa shape index (κ2) is 4.58. The fraction of sp³-hybridized carbons (Fsp3) is 0.667. The summed E-state index contributed by atoms with van der Waals surface area (Å²) in [6.45, 7) is 2.75. The summed E-state index contributed by atoms with van der Waals surface area (Å²) >= 11 is 3.31. The number of sulfonamides is 1. The molecular weight excluding hydrogens is 310 g/mol. The lowest BCUT2D eigenvalue weighted by Gasteiger charge is -2.19. The number of methoxy groups -OCH3 is 1. The molecule has 6 nitrogen and oxygen atoms in total. The van der Waals surface area contributed by atoms with E-state index in [1.165, 1.54) is 11.4 Å². The molecule has 0 aliphatic carbocycles. The van der Waals surface area contributed by atoms with Crippen molar-refractivity contribution < 1.29 is 13.2 Å². The molecule has 8 heteroatoms. The fourth-order valence-electron chi connectivity index (χ4n) is 1.78. The Morgan fingerprint density at radius 1 is 1.59 bits per heavy atom. The number of anilines is 1. The van der Waals surface area contributed by atoms with E-state index in [1.54, 1.807) is 17.8 Å². The van der Waals surface area contributed by atoms with E-state index in [9.17, 15) is 8.42 Å². The molecule has 2 rings (SSSR count). The van der Waals surface area contributed by atoms with Crippen LogP contribution in [-0.2, 0) is 21.3 Å². The highest BCUT2D eigenvalue weighted by molar-refractivity contribution is 9.10. The molecule has 0 saturated carbocycles. The summed E-state index contributed by atoms with van der Waals surface area (Å²) in [4.78, 5) is 0. The maximum absolute atomic E-state index is 12.2. The van der Waals surface area contributed by atoms with Crippen LogP contribution in [-0.4, -0.2) is 43.7 Å². The molecule has 0 N–H and O–H groups in total. The van der Waals surface area contributed by atoms with Crippen molar-refractivity contribution in [1.82, 2.24) is 9.78 Å². The molecule has 0 aromatic carbocycles. The number of rotatable bonds is 4. The molecule has 1 aromatic rings. The van der Waals surface area contributed by atoms with E-state index in [-0.39, 0.29) is 11.9 Å². The Morgan fingerprint density at radius 3 is 2.94 bits per heavy atom. The third kappa shape index (κ3) is 2.34. The van der Waals surface area contributed by atoms with Gasteiger partial charge in [0.1, 0.15) is 0 Å². The Bertz CT molecular complexity index is 514. The van der Waals surface area contributed by atoms with E-state index in [2.05, 4.69) is 21.0 Å². The Hall–Kier alpha value is -0.600. The van der Waals surface area contributed by atoms with Crippen LogP contribution in [0.5, 0.6) is 0 Å². The molecule has 2 heterocycles. The van der Waals surface area contributed by atoms with Gasteiger partial charge >= 0.3 is 0 Å². The Kier molecular flexibility index (Phi) is 3.46. The summed E-state index contributed by atoms with van der Waals surface area (Å²) in [6.07, 6.45) is 1.28. The Balaban J connectivity index is 2.28. The van der Waals surface area contributed by atoms with Crippen molar-refractivity contribution in [1.29, 1.82) is 0 Å². The molecule has 1 atom stereocenters. The minimum Gasteiger partial charge on any atom is -0.381 e. The van der Waals surface area contributed by atoms with Crippen molar-refractivity contribution in [2.45, 2.75) is 19.6 Å². The third-order valence-corrected chi connectivity index (χ3v) is 5.18. The van der Waals surface area contributed by atoms with Gasteiger partial charge in [-0.15, -0.1) is 0 Å². The maximum Gasteiger partial charge on any atom is 0.238 e. The zero-order valence-electron chi connectivity index (χ0n) is 9.63. The van der Waals surface area contributed by atoms with Gasteiger partial charge in [-0.05, 0) is 22.9 Å². The van der Waals surface area contributed by atoms with Crippen LogP contribution in [0.3, 0.4) is 0 Å². The van der Waals surface area contributed by atoms with Crippen molar-refractivity contribution in [2.24, 2.45) is 0 Å². The van der Waals surface area contributed by atoms with Crippen molar-refractivity contribution in [3.05, 3.63) is 10.7 Å². The van der Waals surface area contributed by atoms with Crippen LogP contribution in [0.15, 0.2) is 10.7 Å². The molecule has 1 aliphatic heterocycles. The van der Waals surface area contributed by atoms with Crippen molar-refractivity contribution >= 4 is 31.8 Å². The molecule has 1 aliphatic rings. The molecule has 1 unspecified atom stereocenters. The zero-order chi connectivity index (χ0) is 12.6. The lowest BCUT2D eigenvalue weighted by atomic mass is 10.5. The number of fused-ring (bicyclic) bond motifs is 1. The first-order valence-electron chi connectivity index (χ1n) is 5.20. The first-order chi connectivity index (χ1) is 7.95. The summed E-state index contributed by atoms with van der Waals surface area (Å²) in [5.41, 5.74) is 0. The number of hydrogen-bond acceptors (Lipinski definition) is 4. The van der Waals surface area contributed by atoms with E-state index >= 15 is 0 Å². The van der Waals surface area contributed by atoms with Crippen LogP contribution in [0, 0.1) is 0 Å². The molecule has 0 saturated heterocycles. The molecule has 0 amide bonds. The fourth-order valence-corrected chi connectivity index (χ4v) is 4.14. The average Bonchev–Trinajstić information content (AvgIpc) is 2.81. The predicted molar refractivity (Wildman–Crippen MR) is 67.5 cm³/mol. The van der Waals surface area contributed by atoms with Crippen molar-refractivity contribution in [2.75, 3.05) is 23.7 Å². The maximum atomic E-state index is 12.2.